The predicted molar refractivity (Wildman–Crippen MR) is 153 cm³/mol. The van der Waals surface area contributed by atoms with Gasteiger partial charge in [-0.25, -0.2) is 8.42 Å². The molecule has 8 nitrogen and oxygen atoms in total. The van der Waals surface area contributed by atoms with E-state index in [2.05, 4.69) is 5.32 Å². The number of hydrogen-bond acceptors (Lipinski definition) is 5. The van der Waals surface area contributed by atoms with Gasteiger partial charge in [0.2, 0.25) is 11.8 Å². The van der Waals surface area contributed by atoms with Crippen molar-refractivity contribution < 1.29 is 22.7 Å². The normalized spacial score (nSPS) is 11.9. The van der Waals surface area contributed by atoms with Gasteiger partial charge in [-0.1, -0.05) is 54.9 Å². The van der Waals surface area contributed by atoms with Crippen LogP contribution in [0.1, 0.15) is 31.4 Å². The molecule has 0 unspecified atom stereocenters. The van der Waals surface area contributed by atoms with E-state index in [0.29, 0.717) is 23.7 Å². The summed E-state index contributed by atoms with van der Waals surface area (Å²) >= 11 is 6.35. The highest BCUT2D eigenvalue weighted by molar-refractivity contribution is 7.92. The van der Waals surface area contributed by atoms with Gasteiger partial charge in [-0.2, -0.15) is 0 Å². The maximum absolute atomic E-state index is 14.0. The van der Waals surface area contributed by atoms with Crippen molar-refractivity contribution in [1.29, 1.82) is 0 Å². The van der Waals surface area contributed by atoms with Crippen molar-refractivity contribution in [1.82, 2.24) is 10.2 Å². The van der Waals surface area contributed by atoms with Crippen LogP contribution in [0.4, 0.5) is 5.69 Å². The summed E-state index contributed by atoms with van der Waals surface area (Å²) in [4.78, 5) is 28.4. The molecule has 0 aromatic heterocycles. The summed E-state index contributed by atoms with van der Waals surface area (Å²) in [6.07, 6.45) is 0.343. The first-order chi connectivity index (χ1) is 18.6. The minimum atomic E-state index is -4.15. The van der Waals surface area contributed by atoms with Crippen molar-refractivity contribution in [3.05, 3.63) is 88.9 Å². The van der Waals surface area contributed by atoms with Gasteiger partial charge < -0.3 is 15.0 Å². The number of nitrogens with zero attached hydrogens (tertiary/aromatic N) is 2. The van der Waals surface area contributed by atoms with E-state index in [1.54, 1.807) is 56.5 Å². The monoisotopic (exact) mass is 571 g/mol. The molecular formula is C29H34ClN3O5S. The summed E-state index contributed by atoms with van der Waals surface area (Å²) < 4.78 is 33.9. The maximum Gasteiger partial charge on any atom is 0.264 e. The highest BCUT2D eigenvalue weighted by Gasteiger charge is 2.33. The van der Waals surface area contributed by atoms with Crippen molar-refractivity contribution >= 4 is 39.1 Å². The molecule has 0 heterocycles. The Hall–Kier alpha value is -3.56. The standard InChI is InChI=1S/C29H34ClN3O5S/c1-5-27(29(35)31-6-2)32(19-22-13-16-24(38-4)17-14-22)28(34)20-33(23-15-12-21(3)26(30)18-23)39(36,37)25-10-8-7-9-11-25/h7-18,27H,5-6,19-20H2,1-4H3,(H,31,35)/t27-/m1/s1. The lowest BCUT2D eigenvalue weighted by Gasteiger charge is -2.33. The number of nitrogens with one attached hydrogen (secondary N) is 1. The Bertz CT molecular complexity index is 1380. The Kier molecular flexibility index (Phi) is 10.4. The van der Waals surface area contributed by atoms with Gasteiger partial charge in [0.15, 0.2) is 0 Å². The molecule has 0 saturated carbocycles. The van der Waals surface area contributed by atoms with Crippen LogP contribution in [0.25, 0.3) is 0 Å². The molecule has 0 fully saturated rings. The minimum absolute atomic E-state index is 0.0342. The molecule has 10 heteroatoms. The number of hydrogen-bond donors (Lipinski definition) is 1. The fourth-order valence-electron chi connectivity index (χ4n) is 4.12. The lowest BCUT2D eigenvalue weighted by Crippen LogP contribution is -2.52. The summed E-state index contributed by atoms with van der Waals surface area (Å²) in [5.41, 5.74) is 1.79. The number of methoxy groups -OCH3 is 1. The van der Waals surface area contributed by atoms with Crippen molar-refractivity contribution in [2.45, 2.75) is 44.7 Å². The van der Waals surface area contributed by atoms with E-state index in [1.165, 1.54) is 23.1 Å². The highest BCUT2D eigenvalue weighted by Crippen LogP contribution is 2.28. The van der Waals surface area contributed by atoms with E-state index in [4.69, 9.17) is 16.3 Å². The van der Waals surface area contributed by atoms with Gasteiger partial charge in [0.1, 0.15) is 18.3 Å². The lowest BCUT2D eigenvalue weighted by molar-refractivity contribution is -0.140. The fraction of sp³-hybridized carbons (Fsp3) is 0.310. The first-order valence-electron chi connectivity index (χ1n) is 12.7. The number of rotatable bonds is 12. The van der Waals surface area contributed by atoms with E-state index < -0.39 is 28.5 Å². The zero-order valence-electron chi connectivity index (χ0n) is 22.6. The number of halogens is 1. The van der Waals surface area contributed by atoms with Gasteiger partial charge in [-0.3, -0.25) is 13.9 Å². The Balaban J connectivity index is 2.06. The molecule has 0 saturated heterocycles. The third-order valence-electron chi connectivity index (χ3n) is 6.30. The SMILES string of the molecule is CCNC(=O)[C@@H](CC)N(Cc1ccc(OC)cc1)C(=O)CN(c1ccc(C)c(Cl)c1)S(=O)(=O)c1ccccc1. The van der Waals surface area contributed by atoms with Crippen LogP contribution in [-0.2, 0) is 26.2 Å². The molecule has 0 aliphatic heterocycles. The van der Waals surface area contributed by atoms with Crippen LogP contribution in [0.2, 0.25) is 5.02 Å². The van der Waals surface area contributed by atoms with E-state index >= 15 is 0 Å². The molecule has 39 heavy (non-hydrogen) atoms. The topological polar surface area (TPSA) is 96.0 Å². The van der Waals surface area contributed by atoms with Crippen LogP contribution in [0, 0.1) is 6.92 Å². The second-order valence-electron chi connectivity index (χ2n) is 8.95. The molecule has 0 aliphatic rings. The molecule has 1 atom stereocenters. The molecular weight excluding hydrogens is 538 g/mol. The quantitative estimate of drug-likeness (QED) is 0.337. The average molecular weight is 572 g/mol. The molecule has 1 N–H and O–H groups in total. The van der Waals surface area contributed by atoms with E-state index in [1.807, 2.05) is 26.0 Å². The van der Waals surface area contributed by atoms with Crippen molar-refractivity contribution in [3.63, 3.8) is 0 Å². The number of likely N-dealkylation sites (N-methyl/N-ethyl adjacent to an activating group) is 1. The largest absolute Gasteiger partial charge is 0.497 e. The number of ether oxygens (including phenoxy) is 1. The third-order valence-corrected chi connectivity index (χ3v) is 8.50. The molecule has 2 amide bonds. The molecule has 3 aromatic rings. The molecule has 0 bridgehead atoms. The second-order valence-corrected chi connectivity index (χ2v) is 11.2. The zero-order chi connectivity index (χ0) is 28.6. The number of carbonyl (C=O) groups is 2. The van der Waals surface area contributed by atoms with E-state index in [0.717, 1.165) is 15.4 Å². The summed E-state index contributed by atoms with van der Waals surface area (Å²) in [5, 5.41) is 3.16. The lowest BCUT2D eigenvalue weighted by atomic mass is 10.1. The van der Waals surface area contributed by atoms with Crippen molar-refractivity contribution in [2.24, 2.45) is 0 Å². The molecule has 0 aliphatic carbocycles. The maximum atomic E-state index is 14.0. The van der Waals surface area contributed by atoms with E-state index in [9.17, 15) is 18.0 Å². The molecule has 3 rings (SSSR count). The Morgan fingerprint density at radius 3 is 2.23 bits per heavy atom. The summed E-state index contributed by atoms with van der Waals surface area (Å²) in [6, 6.07) is 19.1. The molecule has 3 aromatic carbocycles. The van der Waals surface area contributed by atoms with Gasteiger partial charge in [-0.05, 0) is 67.8 Å². The van der Waals surface area contributed by atoms with Gasteiger partial charge in [0, 0.05) is 18.1 Å². The van der Waals surface area contributed by atoms with E-state index in [-0.39, 0.29) is 23.0 Å². The number of benzene rings is 3. The van der Waals surface area contributed by atoms with Gasteiger partial charge in [0.25, 0.3) is 10.0 Å². The molecule has 0 radical (unpaired) electrons. The molecule has 0 spiro atoms. The van der Waals surface area contributed by atoms with Crippen molar-refractivity contribution in [2.75, 3.05) is 24.5 Å². The number of carbonyl (C=O) groups excluding carboxylic acids is 2. The summed E-state index contributed by atoms with van der Waals surface area (Å²) in [6.45, 7) is 5.40. The predicted octanol–water partition coefficient (Wildman–Crippen LogP) is 4.80. The number of amides is 2. The van der Waals surface area contributed by atoms with Crippen molar-refractivity contribution in [3.8, 4) is 5.75 Å². The Morgan fingerprint density at radius 1 is 1.00 bits per heavy atom. The minimum Gasteiger partial charge on any atom is -0.497 e. The highest BCUT2D eigenvalue weighted by atomic mass is 35.5. The van der Waals surface area contributed by atoms with Gasteiger partial charge in [0.05, 0.1) is 17.7 Å². The van der Waals surface area contributed by atoms with Crippen LogP contribution in [-0.4, -0.2) is 51.4 Å². The van der Waals surface area contributed by atoms with Crippen LogP contribution in [0.5, 0.6) is 5.75 Å². The first-order valence-corrected chi connectivity index (χ1v) is 14.5. The number of aryl methyl sites for hydroxylation is 1. The summed E-state index contributed by atoms with van der Waals surface area (Å²) in [5.74, 6) is -0.179. The summed E-state index contributed by atoms with van der Waals surface area (Å²) in [7, 11) is -2.59. The Labute approximate surface area is 235 Å². The van der Waals surface area contributed by atoms with Crippen LogP contribution in [0.3, 0.4) is 0 Å². The molecule has 208 valence electrons. The van der Waals surface area contributed by atoms with Gasteiger partial charge >= 0.3 is 0 Å². The fourth-order valence-corrected chi connectivity index (χ4v) is 5.73. The van der Waals surface area contributed by atoms with Crippen LogP contribution < -0.4 is 14.4 Å². The Morgan fingerprint density at radius 2 is 1.67 bits per heavy atom. The second kappa shape index (κ2) is 13.5. The van der Waals surface area contributed by atoms with Crippen LogP contribution >= 0.6 is 11.6 Å². The zero-order valence-corrected chi connectivity index (χ0v) is 24.1. The third kappa shape index (κ3) is 7.30. The first kappa shape index (κ1) is 30.0. The average Bonchev–Trinajstić information content (AvgIpc) is 2.94. The number of sulfonamides is 1. The van der Waals surface area contributed by atoms with Crippen LogP contribution in [0.15, 0.2) is 77.7 Å². The smallest absolute Gasteiger partial charge is 0.264 e. The van der Waals surface area contributed by atoms with Gasteiger partial charge in [-0.15, -0.1) is 0 Å². The number of anilines is 1.